The van der Waals surface area contributed by atoms with E-state index in [9.17, 15) is 9.90 Å². The normalized spacial score (nSPS) is 30.2. The first-order chi connectivity index (χ1) is 9.56. The molecule has 0 aromatic carbocycles. The lowest BCUT2D eigenvalue weighted by Crippen LogP contribution is -2.56. The number of aliphatic hydroxyl groups excluding tert-OH is 1. The Morgan fingerprint density at radius 2 is 2.30 bits per heavy atom. The second-order valence-electron chi connectivity index (χ2n) is 5.96. The van der Waals surface area contributed by atoms with Crippen molar-refractivity contribution in [3.05, 3.63) is 0 Å². The Balaban J connectivity index is 1.77. The third kappa shape index (κ3) is 4.41. The van der Waals surface area contributed by atoms with Crippen LogP contribution < -0.4 is 5.32 Å². The number of piperazine rings is 1. The van der Waals surface area contributed by atoms with E-state index in [2.05, 4.69) is 17.1 Å². The molecule has 116 valence electrons. The van der Waals surface area contributed by atoms with Crippen molar-refractivity contribution in [1.29, 1.82) is 0 Å². The summed E-state index contributed by atoms with van der Waals surface area (Å²) in [5.41, 5.74) is 0. The highest BCUT2D eigenvalue weighted by Crippen LogP contribution is 2.12. The molecule has 2 saturated heterocycles. The van der Waals surface area contributed by atoms with Gasteiger partial charge in [0.2, 0.25) is 5.91 Å². The summed E-state index contributed by atoms with van der Waals surface area (Å²) in [5, 5.41) is 12.8. The van der Waals surface area contributed by atoms with Crippen LogP contribution in [0.3, 0.4) is 0 Å². The fraction of sp³-hybridized carbons (Fsp3) is 0.929. The van der Waals surface area contributed by atoms with Gasteiger partial charge in [-0.15, -0.1) is 0 Å². The van der Waals surface area contributed by atoms with E-state index in [0.29, 0.717) is 25.6 Å². The van der Waals surface area contributed by atoms with Gasteiger partial charge in [0, 0.05) is 51.2 Å². The number of nitrogens with one attached hydrogen (secondary N) is 1. The van der Waals surface area contributed by atoms with Crippen LogP contribution in [0.1, 0.15) is 20.3 Å². The van der Waals surface area contributed by atoms with Crippen LogP contribution in [0.2, 0.25) is 0 Å². The first-order valence-corrected chi connectivity index (χ1v) is 7.57. The third-order valence-electron chi connectivity index (χ3n) is 4.04. The number of carbonyl (C=O) groups excluding carboxylic acids is 1. The number of rotatable bonds is 4. The molecular weight excluding hydrogens is 258 g/mol. The number of amides is 1. The zero-order valence-corrected chi connectivity index (χ0v) is 12.5. The van der Waals surface area contributed by atoms with Crippen LogP contribution in [0.4, 0.5) is 0 Å². The molecule has 0 bridgehead atoms. The zero-order valence-electron chi connectivity index (χ0n) is 12.5. The maximum Gasteiger partial charge on any atom is 0.224 e. The lowest BCUT2D eigenvalue weighted by molar-refractivity contribution is -0.135. The topological polar surface area (TPSA) is 65.0 Å². The highest BCUT2D eigenvalue weighted by Gasteiger charge is 2.28. The van der Waals surface area contributed by atoms with Crippen LogP contribution in [0, 0.1) is 0 Å². The number of morpholine rings is 1. The molecule has 2 fully saturated rings. The molecule has 0 spiro atoms. The van der Waals surface area contributed by atoms with Gasteiger partial charge < -0.3 is 20.1 Å². The summed E-state index contributed by atoms with van der Waals surface area (Å²) < 4.78 is 5.38. The van der Waals surface area contributed by atoms with Crippen molar-refractivity contribution in [2.75, 3.05) is 45.9 Å². The molecule has 6 heteroatoms. The number of aliphatic hydroxyl groups is 1. The Labute approximate surface area is 121 Å². The molecular formula is C14H27N3O3. The van der Waals surface area contributed by atoms with Gasteiger partial charge in [-0.2, -0.15) is 0 Å². The van der Waals surface area contributed by atoms with Gasteiger partial charge in [0.05, 0.1) is 19.3 Å². The predicted molar refractivity (Wildman–Crippen MR) is 76.5 cm³/mol. The molecule has 0 saturated carbocycles. The monoisotopic (exact) mass is 285 g/mol. The van der Waals surface area contributed by atoms with Gasteiger partial charge in [0.25, 0.3) is 0 Å². The Hall–Kier alpha value is -0.690. The highest BCUT2D eigenvalue weighted by atomic mass is 16.5. The van der Waals surface area contributed by atoms with Crippen LogP contribution in [0.5, 0.6) is 0 Å². The van der Waals surface area contributed by atoms with Gasteiger partial charge in [-0.25, -0.2) is 0 Å². The van der Waals surface area contributed by atoms with Crippen LogP contribution in [0.25, 0.3) is 0 Å². The van der Waals surface area contributed by atoms with Crippen LogP contribution in [-0.2, 0) is 9.53 Å². The molecule has 2 N–H and O–H groups in total. The minimum atomic E-state index is -0.316. The minimum absolute atomic E-state index is 0.155. The van der Waals surface area contributed by atoms with Gasteiger partial charge in [0.1, 0.15) is 0 Å². The molecule has 1 amide bonds. The first kappa shape index (κ1) is 15.7. The van der Waals surface area contributed by atoms with Gasteiger partial charge in [-0.3, -0.25) is 9.69 Å². The number of hydrogen-bond donors (Lipinski definition) is 2. The van der Waals surface area contributed by atoms with Crippen molar-refractivity contribution in [3.8, 4) is 0 Å². The number of β-amino-alcohol motifs (C(OH)–C–C–N with tert-alkyl or cyclic N) is 1. The van der Waals surface area contributed by atoms with Crippen molar-refractivity contribution in [2.24, 2.45) is 0 Å². The summed E-state index contributed by atoms with van der Waals surface area (Å²) in [6.07, 6.45) is 0.201. The van der Waals surface area contributed by atoms with E-state index in [0.717, 1.165) is 32.8 Å². The number of ether oxygens (including phenoxy) is 1. The molecule has 2 aliphatic heterocycles. The van der Waals surface area contributed by atoms with Crippen molar-refractivity contribution in [1.82, 2.24) is 15.1 Å². The lowest BCUT2D eigenvalue weighted by atomic mass is 10.1. The summed E-state index contributed by atoms with van der Waals surface area (Å²) in [7, 11) is 0. The molecule has 20 heavy (non-hydrogen) atoms. The standard InChI is InChI=1S/C14H27N3O3/c1-11-8-17(5-4-16(11)9-12(2)18)14(19)7-13-10-20-6-3-15-13/h11-13,15,18H,3-10H2,1-2H3. The van der Waals surface area contributed by atoms with Crippen LogP contribution >= 0.6 is 0 Å². The van der Waals surface area contributed by atoms with Gasteiger partial charge >= 0.3 is 0 Å². The summed E-state index contributed by atoms with van der Waals surface area (Å²) in [5.74, 6) is 0.205. The molecule has 3 atom stereocenters. The second-order valence-corrected chi connectivity index (χ2v) is 5.96. The highest BCUT2D eigenvalue weighted by molar-refractivity contribution is 5.77. The molecule has 0 aromatic rings. The minimum Gasteiger partial charge on any atom is -0.392 e. The molecule has 2 aliphatic rings. The number of nitrogens with zero attached hydrogens (tertiary/aromatic N) is 2. The van der Waals surface area contributed by atoms with Crippen LogP contribution in [-0.4, -0.2) is 84.9 Å². The smallest absolute Gasteiger partial charge is 0.224 e. The Kier molecular flexibility index (Phi) is 5.77. The van der Waals surface area contributed by atoms with Gasteiger partial charge in [-0.05, 0) is 13.8 Å². The van der Waals surface area contributed by atoms with E-state index in [1.807, 2.05) is 4.90 Å². The Morgan fingerprint density at radius 1 is 1.50 bits per heavy atom. The van der Waals surface area contributed by atoms with E-state index >= 15 is 0 Å². The zero-order chi connectivity index (χ0) is 14.5. The number of hydrogen-bond acceptors (Lipinski definition) is 5. The molecule has 6 nitrogen and oxygen atoms in total. The lowest BCUT2D eigenvalue weighted by Gasteiger charge is -2.41. The molecule has 2 rings (SSSR count). The van der Waals surface area contributed by atoms with Crippen molar-refractivity contribution in [3.63, 3.8) is 0 Å². The SMILES string of the molecule is CC(O)CN1CCN(C(=O)CC2COCCN2)CC1C. The van der Waals surface area contributed by atoms with E-state index in [1.165, 1.54) is 0 Å². The molecule has 2 heterocycles. The quantitative estimate of drug-likeness (QED) is 0.713. The van der Waals surface area contributed by atoms with E-state index in [1.54, 1.807) is 6.92 Å². The van der Waals surface area contributed by atoms with Crippen molar-refractivity contribution in [2.45, 2.75) is 38.5 Å². The van der Waals surface area contributed by atoms with Crippen molar-refractivity contribution >= 4 is 5.91 Å². The third-order valence-corrected chi connectivity index (χ3v) is 4.04. The largest absolute Gasteiger partial charge is 0.392 e. The number of carbonyl (C=O) groups is 1. The second kappa shape index (κ2) is 7.36. The fourth-order valence-electron chi connectivity index (χ4n) is 2.92. The summed E-state index contributed by atoms with van der Waals surface area (Å²) in [6.45, 7) is 9.14. The molecule has 0 aliphatic carbocycles. The van der Waals surface area contributed by atoms with Crippen LogP contribution in [0.15, 0.2) is 0 Å². The Bertz CT molecular complexity index is 319. The maximum atomic E-state index is 12.3. The van der Waals surface area contributed by atoms with Gasteiger partial charge in [-0.1, -0.05) is 0 Å². The van der Waals surface area contributed by atoms with Crippen molar-refractivity contribution < 1.29 is 14.6 Å². The fourth-order valence-corrected chi connectivity index (χ4v) is 2.92. The molecule has 3 unspecified atom stereocenters. The predicted octanol–water partition coefficient (Wildman–Crippen LogP) is -0.722. The summed E-state index contributed by atoms with van der Waals surface area (Å²) >= 11 is 0. The van der Waals surface area contributed by atoms with E-state index in [-0.39, 0.29) is 18.1 Å². The maximum absolute atomic E-state index is 12.3. The van der Waals surface area contributed by atoms with E-state index in [4.69, 9.17) is 4.74 Å². The molecule has 0 aromatic heterocycles. The Morgan fingerprint density at radius 3 is 2.90 bits per heavy atom. The summed E-state index contributed by atoms with van der Waals surface area (Å²) in [6, 6.07) is 0.458. The average Bonchev–Trinajstić information content (AvgIpc) is 2.41. The summed E-state index contributed by atoms with van der Waals surface area (Å²) in [4.78, 5) is 16.5. The average molecular weight is 285 g/mol. The van der Waals surface area contributed by atoms with Gasteiger partial charge in [0.15, 0.2) is 0 Å². The first-order valence-electron chi connectivity index (χ1n) is 7.57. The van der Waals surface area contributed by atoms with E-state index < -0.39 is 0 Å². The molecule has 0 radical (unpaired) electrons.